The van der Waals surface area contributed by atoms with E-state index in [1.807, 2.05) is 48.5 Å². The Morgan fingerprint density at radius 1 is 0.309 bits per heavy atom. The molecule has 0 aliphatic heterocycles. The van der Waals surface area contributed by atoms with Gasteiger partial charge in [0.2, 0.25) is 0 Å². The molecule has 0 atom stereocenters. The molecular weight excluding hydrogens is 671 g/mol. The highest BCUT2D eigenvalue weighted by Gasteiger charge is 2.17. The molecule has 0 saturated heterocycles. The summed E-state index contributed by atoms with van der Waals surface area (Å²) in [5.74, 6) is 1.86. The number of nitrogens with zero attached hydrogens (tertiary/aromatic N) is 3. The van der Waals surface area contributed by atoms with E-state index in [0.29, 0.717) is 17.5 Å². The zero-order valence-electron chi connectivity index (χ0n) is 29.6. The van der Waals surface area contributed by atoms with Gasteiger partial charge < -0.3 is 4.42 Å². The van der Waals surface area contributed by atoms with Crippen molar-refractivity contribution in [2.45, 2.75) is 0 Å². The van der Waals surface area contributed by atoms with E-state index in [1.54, 1.807) is 0 Å². The minimum absolute atomic E-state index is 0.610. The van der Waals surface area contributed by atoms with Crippen molar-refractivity contribution >= 4 is 54.3 Å². The van der Waals surface area contributed by atoms with Crippen LogP contribution in [0.5, 0.6) is 0 Å². The monoisotopic (exact) mass is 701 g/mol. The Hall–Kier alpha value is -7.43. The molecule has 256 valence electrons. The zero-order chi connectivity index (χ0) is 36.3. The van der Waals surface area contributed by atoms with Crippen LogP contribution in [0.4, 0.5) is 0 Å². The van der Waals surface area contributed by atoms with Crippen molar-refractivity contribution in [3.63, 3.8) is 0 Å². The van der Waals surface area contributed by atoms with Crippen molar-refractivity contribution in [3.8, 4) is 56.4 Å². The van der Waals surface area contributed by atoms with E-state index in [1.165, 1.54) is 37.9 Å². The molecule has 9 aromatic carbocycles. The predicted octanol–water partition coefficient (Wildman–Crippen LogP) is 13.6. The van der Waals surface area contributed by atoms with Crippen molar-refractivity contribution < 1.29 is 4.42 Å². The van der Waals surface area contributed by atoms with Gasteiger partial charge in [-0.2, -0.15) is 0 Å². The highest BCUT2D eigenvalue weighted by molar-refractivity contribution is 6.20. The summed E-state index contributed by atoms with van der Waals surface area (Å²) < 4.78 is 6.40. The molecule has 0 radical (unpaired) electrons. The largest absolute Gasteiger partial charge is 0.455 e. The third-order valence-electron chi connectivity index (χ3n) is 10.7. The normalized spacial score (nSPS) is 11.6. The fourth-order valence-electron chi connectivity index (χ4n) is 8.07. The van der Waals surface area contributed by atoms with Gasteiger partial charge in [-0.3, -0.25) is 0 Å². The summed E-state index contributed by atoms with van der Waals surface area (Å²) in [5, 5.41) is 9.64. The van der Waals surface area contributed by atoms with Gasteiger partial charge in [0.1, 0.15) is 11.2 Å². The van der Waals surface area contributed by atoms with Crippen LogP contribution in [0.15, 0.2) is 192 Å². The van der Waals surface area contributed by atoms with Crippen LogP contribution in [0.3, 0.4) is 0 Å². The molecule has 0 saturated carbocycles. The highest BCUT2D eigenvalue weighted by atomic mass is 16.3. The SMILES string of the molecule is c1ccc(-c2nc(-c3ccc(-c4c5ccccc5cc5c4ccc4ccccc45)cc3)nc(-c3cccc(-c4cccc5c4oc4ccccc45)c3)n2)cc1. The van der Waals surface area contributed by atoms with Gasteiger partial charge in [0.05, 0.1) is 0 Å². The molecule has 4 heteroatoms. The summed E-state index contributed by atoms with van der Waals surface area (Å²) in [7, 11) is 0. The van der Waals surface area contributed by atoms with Gasteiger partial charge in [-0.05, 0) is 67.2 Å². The Balaban J connectivity index is 1.04. The van der Waals surface area contributed by atoms with Crippen molar-refractivity contribution in [1.82, 2.24) is 15.0 Å². The topological polar surface area (TPSA) is 51.8 Å². The molecule has 0 unspecified atom stereocenters. The van der Waals surface area contributed by atoms with Gasteiger partial charge in [-0.25, -0.2) is 15.0 Å². The number of furan rings is 1. The average molecular weight is 702 g/mol. The van der Waals surface area contributed by atoms with E-state index in [9.17, 15) is 0 Å². The van der Waals surface area contributed by atoms with Gasteiger partial charge in [0.15, 0.2) is 17.5 Å². The molecule has 2 aromatic heterocycles. The fraction of sp³-hybridized carbons (Fsp3) is 0. The number of hydrogen-bond donors (Lipinski definition) is 0. The Morgan fingerprint density at radius 3 is 1.71 bits per heavy atom. The van der Waals surface area contributed by atoms with E-state index < -0.39 is 0 Å². The first-order valence-corrected chi connectivity index (χ1v) is 18.5. The van der Waals surface area contributed by atoms with Crippen LogP contribution < -0.4 is 0 Å². The summed E-state index contributed by atoms with van der Waals surface area (Å²) in [5.41, 5.74) is 8.93. The van der Waals surface area contributed by atoms with Crippen molar-refractivity contribution in [1.29, 1.82) is 0 Å². The predicted molar refractivity (Wildman–Crippen MR) is 227 cm³/mol. The summed E-state index contributed by atoms with van der Waals surface area (Å²) in [6, 6.07) is 65.8. The van der Waals surface area contributed by atoms with Gasteiger partial charge in [-0.15, -0.1) is 0 Å². The molecule has 0 spiro atoms. The van der Waals surface area contributed by atoms with E-state index in [0.717, 1.165) is 55.3 Å². The lowest BCUT2D eigenvalue weighted by atomic mass is 9.89. The Bertz CT molecular complexity index is 3260. The van der Waals surface area contributed by atoms with E-state index in [-0.39, 0.29) is 0 Å². The van der Waals surface area contributed by atoms with Crippen LogP contribution in [-0.2, 0) is 0 Å². The van der Waals surface area contributed by atoms with Crippen molar-refractivity contribution in [2.75, 3.05) is 0 Å². The maximum Gasteiger partial charge on any atom is 0.164 e. The molecule has 0 bridgehead atoms. The number of benzene rings is 9. The number of fused-ring (bicyclic) bond motifs is 7. The van der Waals surface area contributed by atoms with Gasteiger partial charge >= 0.3 is 0 Å². The Kier molecular flexibility index (Phi) is 7.14. The molecule has 0 aliphatic rings. The molecule has 0 amide bonds. The highest BCUT2D eigenvalue weighted by Crippen LogP contribution is 2.40. The molecule has 0 N–H and O–H groups in total. The molecule has 0 aliphatic carbocycles. The third-order valence-corrected chi connectivity index (χ3v) is 10.7. The van der Waals surface area contributed by atoms with Crippen LogP contribution in [-0.4, -0.2) is 15.0 Å². The van der Waals surface area contributed by atoms with Gasteiger partial charge in [0.25, 0.3) is 0 Å². The summed E-state index contributed by atoms with van der Waals surface area (Å²) >= 11 is 0. The quantitative estimate of drug-likeness (QED) is 0.132. The van der Waals surface area contributed by atoms with Crippen LogP contribution in [0, 0.1) is 0 Å². The standard InChI is InChI=1S/C51H31N3O/c1-2-13-34(14-3-1)49-52-50(54-51(53-49)38-17-10-16-36(30-38)41-21-11-22-44-42-20-8-9-23-46(42)55-48(41)44)35-26-24-33(25-27-35)47-40-19-7-5-15-37(40)31-45-39-18-6-4-12-32(39)28-29-43(45)47/h1-31H. The van der Waals surface area contributed by atoms with Crippen LogP contribution >= 0.6 is 0 Å². The molecular formula is C51H31N3O. The van der Waals surface area contributed by atoms with Crippen molar-refractivity contribution in [3.05, 3.63) is 188 Å². The van der Waals surface area contributed by atoms with E-state index >= 15 is 0 Å². The molecule has 55 heavy (non-hydrogen) atoms. The van der Waals surface area contributed by atoms with Gasteiger partial charge in [0, 0.05) is 33.0 Å². The maximum atomic E-state index is 6.40. The lowest BCUT2D eigenvalue weighted by molar-refractivity contribution is 0.670. The second kappa shape index (κ2) is 12.6. The molecule has 2 heterocycles. The second-order valence-corrected chi connectivity index (χ2v) is 14.0. The molecule has 11 rings (SSSR count). The van der Waals surface area contributed by atoms with E-state index in [2.05, 4.69) is 140 Å². The lowest BCUT2D eigenvalue weighted by Crippen LogP contribution is -2.00. The first-order chi connectivity index (χ1) is 27.2. The Labute approximate surface area is 317 Å². The van der Waals surface area contributed by atoms with Crippen LogP contribution in [0.1, 0.15) is 0 Å². The first-order valence-electron chi connectivity index (χ1n) is 18.5. The van der Waals surface area contributed by atoms with Gasteiger partial charge in [-0.1, -0.05) is 170 Å². The average Bonchev–Trinajstić information content (AvgIpc) is 3.65. The fourth-order valence-corrected chi connectivity index (χ4v) is 8.07. The van der Waals surface area contributed by atoms with Crippen molar-refractivity contribution in [2.24, 2.45) is 0 Å². The minimum atomic E-state index is 0.610. The van der Waals surface area contributed by atoms with Crippen LogP contribution in [0.2, 0.25) is 0 Å². The number of aromatic nitrogens is 3. The summed E-state index contributed by atoms with van der Waals surface area (Å²) in [4.78, 5) is 15.2. The number of para-hydroxylation sites is 2. The minimum Gasteiger partial charge on any atom is -0.455 e. The first kappa shape index (κ1) is 31.1. The Morgan fingerprint density at radius 2 is 0.891 bits per heavy atom. The number of rotatable bonds is 5. The van der Waals surface area contributed by atoms with Crippen LogP contribution in [0.25, 0.3) is 111 Å². The third kappa shape index (κ3) is 5.26. The second-order valence-electron chi connectivity index (χ2n) is 14.0. The summed E-state index contributed by atoms with van der Waals surface area (Å²) in [6.45, 7) is 0. The smallest absolute Gasteiger partial charge is 0.164 e. The molecule has 4 nitrogen and oxygen atoms in total. The molecule has 11 aromatic rings. The summed E-state index contributed by atoms with van der Waals surface area (Å²) in [6.07, 6.45) is 0. The zero-order valence-corrected chi connectivity index (χ0v) is 29.6. The number of hydrogen-bond acceptors (Lipinski definition) is 4. The lowest BCUT2D eigenvalue weighted by Gasteiger charge is -2.14. The maximum absolute atomic E-state index is 6.40. The van der Waals surface area contributed by atoms with E-state index in [4.69, 9.17) is 19.4 Å². The molecule has 0 fully saturated rings.